The molecule has 0 amide bonds. The lowest BCUT2D eigenvalue weighted by atomic mass is 9.96. The van der Waals surface area contributed by atoms with Crippen molar-refractivity contribution in [2.24, 2.45) is 0 Å². The topological polar surface area (TPSA) is 20.2 Å². The highest BCUT2D eigenvalue weighted by Gasteiger charge is 2.16. The molecule has 0 radical (unpaired) electrons. The summed E-state index contributed by atoms with van der Waals surface area (Å²) in [7, 11) is 0. The summed E-state index contributed by atoms with van der Waals surface area (Å²) in [6, 6.07) is 10.4. The summed E-state index contributed by atoms with van der Waals surface area (Å²) in [5.74, 6) is -0.378. The van der Waals surface area contributed by atoms with Gasteiger partial charge in [-0.05, 0) is 37.1 Å². The van der Waals surface area contributed by atoms with E-state index >= 15 is 0 Å². The third-order valence-corrected chi connectivity index (χ3v) is 3.61. The Morgan fingerprint density at radius 2 is 1.95 bits per heavy atom. The maximum atomic E-state index is 13.7. The highest BCUT2D eigenvalue weighted by atomic mass is 35.5. The first-order valence-corrected chi connectivity index (χ1v) is 6.55. The highest BCUT2D eigenvalue weighted by Crippen LogP contribution is 2.27. The fourth-order valence-corrected chi connectivity index (χ4v) is 2.39. The molecule has 0 saturated carbocycles. The molecule has 1 unspecified atom stereocenters. The highest BCUT2D eigenvalue weighted by molar-refractivity contribution is 6.31. The lowest BCUT2D eigenvalue weighted by molar-refractivity contribution is 0.176. The van der Waals surface area contributed by atoms with Crippen LogP contribution in [0.15, 0.2) is 36.4 Å². The van der Waals surface area contributed by atoms with E-state index in [1.54, 1.807) is 12.1 Å². The Labute approximate surface area is 117 Å². The minimum absolute atomic E-state index is 0.176. The summed E-state index contributed by atoms with van der Waals surface area (Å²) in [4.78, 5) is 0. The molecule has 0 spiro atoms. The number of hydrogen-bond donors (Lipinski definition) is 1. The van der Waals surface area contributed by atoms with Crippen LogP contribution in [0.2, 0.25) is 5.02 Å². The summed E-state index contributed by atoms with van der Waals surface area (Å²) in [6.07, 6.45) is -0.579. The first-order chi connectivity index (χ1) is 8.99. The van der Waals surface area contributed by atoms with E-state index in [1.165, 1.54) is 6.07 Å². The smallest absolute Gasteiger partial charge is 0.127 e. The van der Waals surface area contributed by atoms with Gasteiger partial charge in [-0.25, -0.2) is 4.39 Å². The van der Waals surface area contributed by atoms with Gasteiger partial charge in [-0.3, -0.25) is 0 Å². The third kappa shape index (κ3) is 3.14. The van der Waals surface area contributed by atoms with Gasteiger partial charge in [0.05, 0.1) is 6.10 Å². The van der Waals surface area contributed by atoms with Crippen molar-refractivity contribution in [3.63, 3.8) is 0 Å². The quantitative estimate of drug-likeness (QED) is 0.884. The van der Waals surface area contributed by atoms with Crippen LogP contribution in [0.3, 0.4) is 0 Å². The molecule has 2 aromatic rings. The van der Waals surface area contributed by atoms with Crippen molar-refractivity contribution >= 4 is 11.6 Å². The average Bonchev–Trinajstić information content (AvgIpc) is 2.37. The molecule has 0 saturated heterocycles. The zero-order valence-electron chi connectivity index (χ0n) is 11.0. The third-order valence-electron chi connectivity index (χ3n) is 3.25. The Hall–Kier alpha value is -1.38. The first-order valence-electron chi connectivity index (χ1n) is 6.17. The number of benzene rings is 2. The number of rotatable bonds is 3. The van der Waals surface area contributed by atoms with Crippen LogP contribution < -0.4 is 0 Å². The van der Waals surface area contributed by atoms with Gasteiger partial charge in [0.1, 0.15) is 5.82 Å². The van der Waals surface area contributed by atoms with E-state index in [9.17, 15) is 9.50 Å². The molecule has 19 heavy (non-hydrogen) atoms. The maximum absolute atomic E-state index is 13.7. The second kappa shape index (κ2) is 5.72. The molecule has 0 aromatic heterocycles. The van der Waals surface area contributed by atoms with Crippen LogP contribution >= 0.6 is 11.6 Å². The number of aliphatic hydroxyl groups excluding tert-OH is 1. The largest absolute Gasteiger partial charge is 0.388 e. The van der Waals surface area contributed by atoms with E-state index in [2.05, 4.69) is 0 Å². The molecule has 0 fully saturated rings. The average molecular weight is 279 g/mol. The molecule has 1 atom stereocenters. The van der Waals surface area contributed by atoms with Gasteiger partial charge in [0.2, 0.25) is 0 Å². The number of aryl methyl sites for hydroxylation is 2. The van der Waals surface area contributed by atoms with Crippen LogP contribution in [0.25, 0.3) is 0 Å². The molecule has 0 heterocycles. The van der Waals surface area contributed by atoms with Crippen molar-refractivity contribution in [2.45, 2.75) is 26.4 Å². The van der Waals surface area contributed by atoms with E-state index in [0.717, 1.165) is 16.7 Å². The van der Waals surface area contributed by atoms with Gasteiger partial charge in [-0.1, -0.05) is 41.4 Å². The van der Waals surface area contributed by atoms with Crippen molar-refractivity contribution in [3.8, 4) is 0 Å². The Kier molecular flexibility index (Phi) is 4.23. The van der Waals surface area contributed by atoms with Crippen molar-refractivity contribution in [1.82, 2.24) is 0 Å². The molecule has 0 aliphatic carbocycles. The minimum Gasteiger partial charge on any atom is -0.388 e. The van der Waals surface area contributed by atoms with E-state index in [1.807, 2.05) is 32.0 Å². The molecule has 1 nitrogen and oxygen atoms in total. The molecule has 0 aliphatic rings. The van der Waals surface area contributed by atoms with Crippen LogP contribution in [-0.4, -0.2) is 5.11 Å². The molecule has 0 aliphatic heterocycles. The minimum atomic E-state index is -0.755. The summed E-state index contributed by atoms with van der Waals surface area (Å²) < 4.78 is 13.7. The predicted octanol–water partition coefficient (Wildman–Crippen LogP) is 4.37. The molecule has 0 bridgehead atoms. The van der Waals surface area contributed by atoms with E-state index in [4.69, 9.17) is 11.6 Å². The van der Waals surface area contributed by atoms with Crippen molar-refractivity contribution in [2.75, 3.05) is 0 Å². The molecule has 2 aromatic carbocycles. The molecule has 3 heteroatoms. The van der Waals surface area contributed by atoms with Gasteiger partial charge < -0.3 is 5.11 Å². The SMILES string of the molecule is Cc1ccc(C)c(C(O)Cc2c(F)cccc2Cl)c1. The summed E-state index contributed by atoms with van der Waals surface area (Å²) in [6.45, 7) is 3.90. The Morgan fingerprint density at radius 3 is 2.63 bits per heavy atom. The van der Waals surface area contributed by atoms with E-state index in [0.29, 0.717) is 10.6 Å². The molecular weight excluding hydrogens is 263 g/mol. The first kappa shape index (κ1) is 14.0. The number of hydrogen-bond acceptors (Lipinski definition) is 1. The second-order valence-corrected chi connectivity index (χ2v) is 5.19. The fourth-order valence-electron chi connectivity index (χ4n) is 2.15. The van der Waals surface area contributed by atoms with Crippen molar-refractivity contribution in [3.05, 3.63) is 69.5 Å². The van der Waals surface area contributed by atoms with Gasteiger partial charge in [0.25, 0.3) is 0 Å². The molecule has 100 valence electrons. The van der Waals surface area contributed by atoms with Crippen LogP contribution in [-0.2, 0) is 6.42 Å². The van der Waals surface area contributed by atoms with Crippen LogP contribution in [0, 0.1) is 19.7 Å². The Bertz CT molecular complexity index is 575. The zero-order chi connectivity index (χ0) is 14.0. The monoisotopic (exact) mass is 278 g/mol. The standard InChI is InChI=1S/C16H16ClFO/c1-10-6-7-11(2)12(8-10)16(19)9-13-14(17)4-3-5-15(13)18/h3-8,16,19H,9H2,1-2H3. The maximum Gasteiger partial charge on any atom is 0.127 e. The van der Waals surface area contributed by atoms with Gasteiger partial charge in [0, 0.05) is 17.0 Å². The van der Waals surface area contributed by atoms with E-state index < -0.39 is 6.10 Å². The van der Waals surface area contributed by atoms with Crippen LogP contribution in [0.1, 0.15) is 28.4 Å². The number of aliphatic hydroxyl groups is 1. The summed E-state index contributed by atoms with van der Waals surface area (Å²) in [5.41, 5.74) is 3.24. The van der Waals surface area contributed by atoms with Gasteiger partial charge >= 0.3 is 0 Å². The van der Waals surface area contributed by atoms with Crippen molar-refractivity contribution < 1.29 is 9.50 Å². The lowest BCUT2D eigenvalue weighted by Crippen LogP contribution is -2.06. The number of halogens is 2. The van der Waals surface area contributed by atoms with E-state index in [-0.39, 0.29) is 12.2 Å². The van der Waals surface area contributed by atoms with Crippen LogP contribution in [0.5, 0.6) is 0 Å². The van der Waals surface area contributed by atoms with Gasteiger partial charge in [-0.15, -0.1) is 0 Å². The van der Waals surface area contributed by atoms with Gasteiger partial charge in [0.15, 0.2) is 0 Å². The normalized spacial score (nSPS) is 12.5. The molecule has 2 rings (SSSR count). The zero-order valence-corrected chi connectivity index (χ0v) is 11.7. The predicted molar refractivity (Wildman–Crippen MR) is 76.0 cm³/mol. The lowest BCUT2D eigenvalue weighted by Gasteiger charge is -2.16. The van der Waals surface area contributed by atoms with Crippen molar-refractivity contribution in [1.29, 1.82) is 0 Å². The van der Waals surface area contributed by atoms with Gasteiger partial charge in [-0.2, -0.15) is 0 Å². The second-order valence-electron chi connectivity index (χ2n) is 4.78. The Balaban J connectivity index is 2.31. The summed E-state index contributed by atoms with van der Waals surface area (Å²) in [5, 5.41) is 10.7. The summed E-state index contributed by atoms with van der Waals surface area (Å²) >= 11 is 5.98. The molecule has 1 N–H and O–H groups in total. The fraction of sp³-hybridized carbons (Fsp3) is 0.250. The van der Waals surface area contributed by atoms with Crippen LogP contribution in [0.4, 0.5) is 4.39 Å². The Morgan fingerprint density at radius 1 is 1.21 bits per heavy atom. The molecular formula is C16H16ClFO.